The van der Waals surface area contributed by atoms with Crippen LogP contribution < -0.4 is 0 Å². The van der Waals surface area contributed by atoms with E-state index in [1.807, 2.05) is 11.9 Å². The lowest BCUT2D eigenvalue weighted by molar-refractivity contribution is -0.0307. The van der Waals surface area contributed by atoms with Crippen LogP contribution in [0, 0.1) is 0 Å². The van der Waals surface area contributed by atoms with Gasteiger partial charge in [0.15, 0.2) is 5.69 Å². The van der Waals surface area contributed by atoms with Crippen LogP contribution in [0.1, 0.15) is 29.5 Å². The highest BCUT2D eigenvalue weighted by molar-refractivity contribution is 5.88. The van der Waals surface area contributed by atoms with Gasteiger partial charge in [-0.25, -0.2) is 18.3 Å². The molecule has 0 N–H and O–H groups in total. The van der Waals surface area contributed by atoms with Crippen LogP contribution in [0.4, 0.5) is 8.78 Å². The maximum atomic E-state index is 13.2. The van der Waals surface area contributed by atoms with E-state index in [9.17, 15) is 13.6 Å². The SMILES string of the molecule is CCOC(=O)c1nnn(CC2CN(C)CCO2)c1C(F)F. The molecule has 2 rings (SSSR count). The summed E-state index contributed by atoms with van der Waals surface area (Å²) in [6.07, 6.45) is -3.13. The Morgan fingerprint density at radius 3 is 2.95 bits per heavy atom. The Morgan fingerprint density at radius 2 is 2.33 bits per heavy atom. The number of nitrogens with zero attached hydrogens (tertiary/aromatic N) is 4. The molecule has 0 spiro atoms. The molecule has 0 amide bonds. The molecular weight excluding hydrogens is 286 g/mol. The van der Waals surface area contributed by atoms with E-state index in [0.717, 1.165) is 11.2 Å². The summed E-state index contributed by atoms with van der Waals surface area (Å²) < 4.78 is 37.6. The molecule has 1 fully saturated rings. The van der Waals surface area contributed by atoms with Gasteiger partial charge in [0.05, 0.1) is 25.9 Å². The largest absolute Gasteiger partial charge is 0.461 e. The maximum absolute atomic E-state index is 13.2. The summed E-state index contributed by atoms with van der Waals surface area (Å²) in [4.78, 5) is 13.7. The molecule has 0 aromatic carbocycles. The Hall–Kier alpha value is -1.61. The second kappa shape index (κ2) is 6.90. The Bertz CT molecular complexity index is 495. The van der Waals surface area contributed by atoms with Crippen LogP contribution in [-0.2, 0) is 16.0 Å². The van der Waals surface area contributed by atoms with Crippen molar-refractivity contribution in [3.63, 3.8) is 0 Å². The predicted octanol–water partition coefficient (Wildman–Crippen LogP) is 0.723. The third-order valence-corrected chi connectivity index (χ3v) is 3.17. The Kier molecular flexibility index (Phi) is 5.18. The first-order chi connectivity index (χ1) is 10.0. The van der Waals surface area contributed by atoms with Gasteiger partial charge in [0, 0.05) is 13.1 Å². The van der Waals surface area contributed by atoms with Gasteiger partial charge >= 0.3 is 5.97 Å². The van der Waals surface area contributed by atoms with Crippen LogP contribution in [0.3, 0.4) is 0 Å². The van der Waals surface area contributed by atoms with Crippen LogP contribution in [0.2, 0.25) is 0 Å². The number of halogens is 2. The first-order valence-electron chi connectivity index (χ1n) is 6.71. The Morgan fingerprint density at radius 1 is 1.57 bits per heavy atom. The normalized spacial score (nSPS) is 20.0. The summed E-state index contributed by atoms with van der Waals surface area (Å²) in [5.74, 6) is -0.888. The maximum Gasteiger partial charge on any atom is 0.361 e. The number of rotatable bonds is 5. The number of hydrogen-bond acceptors (Lipinski definition) is 6. The molecule has 0 bridgehead atoms. The number of morpholine rings is 1. The fraction of sp³-hybridized carbons (Fsp3) is 0.750. The molecule has 1 aliphatic heterocycles. The molecule has 21 heavy (non-hydrogen) atoms. The summed E-state index contributed by atoms with van der Waals surface area (Å²) in [6, 6.07) is 0. The van der Waals surface area contributed by atoms with Gasteiger partial charge < -0.3 is 14.4 Å². The molecule has 0 radical (unpaired) electrons. The average molecular weight is 304 g/mol. The number of esters is 1. The van der Waals surface area contributed by atoms with E-state index in [2.05, 4.69) is 10.3 Å². The van der Waals surface area contributed by atoms with Crippen LogP contribution in [0.15, 0.2) is 0 Å². The van der Waals surface area contributed by atoms with Gasteiger partial charge in [-0.15, -0.1) is 5.10 Å². The van der Waals surface area contributed by atoms with E-state index < -0.39 is 23.8 Å². The van der Waals surface area contributed by atoms with Gasteiger partial charge in [-0.3, -0.25) is 0 Å². The molecule has 1 atom stereocenters. The van der Waals surface area contributed by atoms with Gasteiger partial charge in [0.25, 0.3) is 6.43 Å². The fourth-order valence-corrected chi connectivity index (χ4v) is 2.19. The van der Waals surface area contributed by atoms with Gasteiger partial charge in [0.1, 0.15) is 5.69 Å². The molecule has 0 saturated carbocycles. The fourth-order valence-electron chi connectivity index (χ4n) is 2.19. The molecule has 0 aliphatic carbocycles. The molecule has 2 heterocycles. The van der Waals surface area contributed by atoms with Gasteiger partial charge in [-0.05, 0) is 14.0 Å². The van der Waals surface area contributed by atoms with E-state index >= 15 is 0 Å². The van der Waals surface area contributed by atoms with Crippen LogP contribution in [-0.4, -0.2) is 65.3 Å². The van der Waals surface area contributed by atoms with Crippen molar-refractivity contribution in [2.75, 3.05) is 33.4 Å². The van der Waals surface area contributed by atoms with E-state index in [1.54, 1.807) is 6.92 Å². The van der Waals surface area contributed by atoms with Crippen LogP contribution >= 0.6 is 0 Å². The Labute approximate surface area is 120 Å². The highest BCUT2D eigenvalue weighted by Crippen LogP contribution is 2.23. The Balaban J connectivity index is 2.17. The summed E-state index contributed by atoms with van der Waals surface area (Å²) in [5, 5.41) is 7.18. The molecule has 1 saturated heterocycles. The van der Waals surface area contributed by atoms with Gasteiger partial charge in [-0.2, -0.15) is 0 Å². The third kappa shape index (κ3) is 3.73. The highest BCUT2D eigenvalue weighted by atomic mass is 19.3. The summed E-state index contributed by atoms with van der Waals surface area (Å²) in [6.45, 7) is 3.74. The zero-order valence-electron chi connectivity index (χ0n) is 12.0. The number of likely N-dealkylation sites (N-methyl/N-ethyl adjacent to an activating group) is 1. The second-order valence-electron chi connectivity index (χ2n) is 4.78. The number of hydrogen-bond donors (Lipinski definition) is 0. The highest BCUT2D eigenvalue weighted by Gasteiger charge is 2.29. The molecule has 7 nitrogen and oxygen atoms in total. The zero-order chi connectivity index (χ0) is 15.4. The lowest BCUT2D eigenvalue weighted by atomic mass is 10.2. The van der Waals surface area contributed by atoms with Gasteiger partial charge in [-0.1, -0.05) is 5.21 Å². The van der Waals surface area contributed by atoms with Crippen molar-refractivity contribution in [2.24, 2.45) is 0 Å². The molecule has 1 unspecified atom stereocenters. The number of aromatic nitrogens is 3. The van der Waals surface area contributed by atoms with Crippen molar-refractivity contribution in [1.29, 1.82) is 0 Å². The van der Waals surface area contributed by atoms with Crippen LogP contribution in [0.5, 0.6) is 0 Å². The standard InChI is InChI=1S/C12H18F2N4O3/c1-3-20-12(19)9-10(11(13)14)18(16-15-9)7-8-6-17(2)4-5-21-8/h8,11H,3-7H2,1-2H3. The first-order valence-corrected chi connectivity index (χ1v) is 6.71. The summed E-state index contributed by atoms with van der Waals surface area (Å²) in [7, 11) is 1.93. The van der Waals surface area contributed by atoms with Crippen LogP contribution in [0.25, 0.3) is 0 Å². The minimum absolute atomic E-state index is 0.0882. The molecule has 118 valence electrons. The minimum atomic E-state index is -2.86. The van der Waals surface area contributed by atoms with Crippen molar-refractivity contribution in [3.8, 4) is 0 Å². The lowest BCUT2D eigenvalue weighted by Gasteiger charge is -2.30. The van der Waals surface area contributed by atoms with E-state index in [4.69, 9.17) is 9.47 Å². The molecular formula is C12H18F2N4O3. The van der Waals surface area contributed by atoms with E-state index in [0.29, 0.717) is 13.2 Å². The molecule has 1 aromatic heterocycles. The number of ether oxygens (including phenoxy) is 2. The zero-order valence-corrected chi connectivity index (χ0v) is 12.0. The molecule has 1 aliphatic rings. The molecule has 1 aromatic rings. The summed E-state index contributed by atoms with van der Waals surface area (Å²) >= 11 is 0. The predicted molar refractivity (Wildman–Crippen MR) is 68.2 cm³/mol. The van der Waals surface area contributed by atoms with Crippen molar-refractivity contribution >= 4 is 5.97 Å². The van der Waals surface area contributed by atoms with E-state index in [-0.39, 0.29) is 19.3 Å². The number of carbonyl (C=O) groups is 1. The van der Waals surface area contributed by atoms with Crippen molar-refractivity contribution in [1.82, 2.24) is 19.9 Å². The smallest absolute Gasteiger partial charge is 0.361 e. The number of alkyl halides is 2. The van der Waals surface area contributed by atoms with Crippen molar-refractivity contribution in [2.45, 2.75) is 26.0 Å². The summed E-state index contributed by atoms with van der Waals surface area (Å²) in [5.41, 5.74) is -0.957. The topological polar surface area (TPSA) is 69.5 Å². The quantitative estimate of drug-likeness (QED) is 0.747. The van der Waals surface area contributed by atoms with Gasteiger partial charge in [0.2, 0.25) is 0 Å². The third-order valence-electron chi connectivity index (χ3n) is 3.17. The van der Waals surface area contributed by atoms with Crippen molar-refractivity contribution in [3.05, 3.63) is 11.4 Å². The second-order valence-corrected chi connectivity index (χ2v) is 4.78. The average Bonchev–Trinajstić information content (AvgIpc) is 2.83. The minimum Gasteiger partial charge on any atom is -0.461 e. The number of carbonyl (C=O) groups excluding carboxylic acids is 1. The molecule has 9 heteroatoms. The lowest BCUT2D eigenvalue weighted by Crippen LogP contribution is -2.42. The van der Waals surface area contributed by atoms with E-state index in [1.165, 1.54) is 0 Å². The monoisotopic (exact) mass is 304 g/mol. The first kappa shape index (κ1) is 15.8. The van der Waals surface area contributed by atoms with Crippen molar-refractivity contribution < 1.29 is 23.0 Å².